The summed E-state index contributed by atoms with van der Waals surface area (Å²) >= 11 is 12.8. The molecule has 0 aliphatic carbocycles. The Morgan fingerprint density at radius 2 is 1.86 bits per heavy atom. The maximum Gasteiger partial charge on any atom is 0.259 e. The van der Waals surface area contributed by atoms with Gasteiger partial charge in [-0.2, -0.15) is 0 Å². The molecule has 0 radical (unpaired) electrons. The van der Waals surface area contributed by atoms with Gasteiger partial charge in [0.05, 0.1) is 17.1 Å². The number of rotatable bonds is 4. The molecule has 0 bridgehead atoms. The topological polar surface area (TPSA) is 64.4 Å². The van der Waals surface area contributed by atoms with Gasteiger partial charge in [0.2, 0.25) is 5.89 Å². The Morgan fingerprint density at radius 1 is 1.10 bits per heavy atom. The number of methoxy groups -OCH3 is 1. The molecule has 5 nitrogen and oxygen atoms in total. The van der Waals surface area contributed by atoms with Gasteiger partial charge >= 0.3 is 0 Å². The smallest absolute Gasteiger partial charge is 0.259 e. The second kappa shape index (κ2) is 8.18. The van der Waals surface area contributed by atoms with E-state index in [2.05, 4.69) is 42.2 Å². The Morgan fingerprint density at radius 3 is 2.59 bits per heavy atom. The van der Waals surface area contributed by atoms with E-state index in [1.54, 1.807) is 36.4 Å². The minimum atomic E-state index is -0.284. The average molecular weight is 537 g/mol. The minimum Gasteiger partial charge on any atom is -0.495 e. The monoisotopic (exact) mass is 534 g/mol. The molecule has 29 heavy (non-hydrogen) atoms. The van der Waals surface area contributed by atoms with Crippen LogP contribution in [0.1, 0.15) is 10.4 Å². The Balaban J connectivity index is 1.57. The zero-order chi connectivity index (χ0) is 20.5. The van der Waals surface area contributed by atoms with Crippen molar-refractivity contribution in [3.63, 3.8) is 0 Å². The molecule has 3 aromatic carbocycles. The Bertz CT molecular complexity index is 1220. The van der Waals surface area contributed by atoms with E-state index in [-0.39, 0.29) is 5.91 Å². The molecular formula is C21H13Br2ClN2O3. The average Bonchev–Trinajstić information content (AvgIpc) is 3.11. The number of carbonyl (C=O) groups excluding carboxylic acids is 1. The highest BCUT2D eigenvalue weighted by Gasteiger charge is 2.17. The van der Waals surface area contributed by atoms with Gasteiger partial charge in [-0.15, -0.1) is 0 Å². The highest BCUT2D eigenvalue weighted by atomic mass is 79.9. The first-order valence-corrected chi connectivity index (χ1v) is 10.4. The number of aromatic nitrogens is 1. The first-order valence-electron chi connectivity index (χ1n) is 8.45. The molecule has 146 valence electrons. The predicted octanol–water partition coefficient (Wildman–Crippen LogP) is 6.93. The largest absolute Gasteiger partial charge is 0.495 e. The number of hydrogen-bond acceptors (Lipinski definition) is 4. The number of fused-ring (bicyclic) bond motifs is 1. The zero-order valence-electron chi connectivity index (χ0n) is 15.0. The van der Waals surface area contributed by atoms with Crippen molar-refractivity contribution in [2.45, 2.75) is 0 Å². The van der Waals surface area contributed by atoms with Crippen LogP contribution in [-0.2, 0) is 0 Å². The standard InChI is InChI=1S/C21H13Br2ClN2O3/c1-28-19-15(8-12(22)9-16(19)23)20(27)25-14-5-2-11(3-6-14)21-26-17-10-13(24)4-7-18(17)29-21/h2-10H,1H3,(H,25,27). The van der Waals surface area contributed by atoms with E-state index in [1.807, 2.05) is 18.2 Å². The van der Waals surface area contributed by atoms with Crippen LogP contribution >= 0.6 is 43.5 Å². The van der Waals surface area contributed by atoms with Crippen LogP contribution in [-0.4, -0.2) is 18.0 Å². The molecule has 1 amide bonds. The van der Waals surface area contributed by atoms with E-state index >= 15 is 0 Å². The van der Waals surface area contributed by atoms with Crippen molar-refractivity contribution in [3.8, 4) is 17.2 Å². The summed E-state index contributed by atoms with van der Waals surface area (Å²) in [5, 5.41) is 3.47. The normalized spacial score (nSPS) is 10.9. The summed E-state index contributed by atoms with van der Waals surface area (Å²) in [6.45, 7) is 0. The number of hydrogen-bond donors (Lipinski definition) is 1. The van der Waals surface area contributed by atoms with E-state index < -0.39 is 0 Å². The van der Waals surface area contributed by atoms with Crippen molar-refractivity contribution in [1.82, 2.24) is 4.98 Å². The van der Waals surface area contributed by atoms with Gasteiger partial charge in [-0.3, -0.25) is 4.79 Å². The van der Waals surface area contributed by atoms with Crippen molar-refractivity contribution in [1.29, 1.82) is 0 Å². The van der Waals surface area contributed by atoms with Crippen LogP contribution in [0.25, 0.3) is 22.6 Å². The van der Waals surface area contributed by atoms with Crippen LogP contribution in [0.15, 0.2) is 68.0 Å². The lowest BCUT2D eigenvalue weighted by atomic mass is 10.1. The summed E-state index contributed by atoms with van der Waals surface area (Å²) in [6, 6.07) is 16.0. The van der Waals surface area contributed by atoms with Gasteiger partial charge < -0.3 is 14.5 Å². The van der Waals surface area contributed by atoms with Crippen LogP contribution < -0.4 is 10.1 Å². The first kappa shape index (κ1) is 19.9. The van der Waals surface area contributed by atoms with Gasteiger partial charge in [-0.25, -0.2) is 4.98 Å². The lowest BCUT2D eigenvalue weighted by Crippen LogP contribution is -2.13. The molecule has 0 saturated carbocycles. The van der Waals surface area contributed by atoms with Crippen molar-refractivity contribution in [2.24, 2.45) is 0 Å². The number of nitrogens with one attached hydrogen (secondary N) is 1. The number of anilines is 1. The Kier molecular flexibility index (Phi) is 5.63. The predicted molar refractivity (Wildman–Crippen MR) is 121 cm³/mol. The number of oxazole rings is 1. The third-order valence-corrected chi connectivity index (χ3v) is 5.48. The lowest BCUT2D eigenvalue weighted by molar-refractivity contribution is 0.102. The van der Waals surface area contributed by atoms with Crippen molar-refractivity contribution in [3.05, 3.63) is 74.1 Å². The number of amides is 1. The number of ether oxygens (including phenoxy) is 1. The number of benzene rings is 3. The van der Waals surface area contributed by atoms with Gasteiger partial charge in [0, 0.05) is 20.7 Å². The summed E-state index contributed by atoms with van der Waals surface area (Å²) in [5.41, 5.74) is 3.19. The van der Waals surface area contributed by atoms with Crippen LogP contribution in [0.3, 0.4) is 0 Å². The SMILES string of the molecule is COc1c(Br)cc(Br)cc1C(=O)Nc1ccc(-c2nc3cc(Cl)ccc3o2)cc1. The quantitative estimate of drug-likeness (QED) is 0.307. The third-order valence-electron chi connectivity index (χ3n) is 4.20. The fraction of sp³-hybridized carbons (Fsp3) is 0.0476. The molecule has 4 rings (SSSR count). The van der Waals surface area contributed by atoms with Gasteiger partial charge in [-0.1, -0.05) is 27.5 Å². The number of nitrogens with zero attached hydrogens (tertiary/aromatic N) is 1. The molecule has 0 aliphatic heterocycles. The zero-order valence-corrected chi connectivity index (χ0v) is 18.9. The molecule has 1 heterocycles. The van der Waals surface area contributed by atoms with E-state index in [0.717, 1.165) is 10.0 Å². The summed E-state index contributed by atoms with van der Waals surface area (Å²) < 4.78 is 12.6. The van der Waals surface area contributed by atoms with Gasteiger partial charge in [0.15, 0.2) is 5.58 Å². The second-order valence-electron chi connectivity index (χ2n) is 6.13. The van der Waals surface area contributed by atoms with Gasteiger partial charge in [-0.05, 0) is 70.5 Å². The second-order valence-corrected chi connectivity index (χ2v) is 8.34. The summed E-state index contributed by atoms with van der Waals surface area (Å²) in [6.07, 6.45) is 0. The molecule has 8 heteroatoms. The Hall–Kier alpha value is -2.35. The molecular weight excluding hydrogens is 524 g/mol. The highest BCUT2D eigenvalue weighted by molar-refractivity contribution is 9.11. The maximum absolute atomic E-state index is 12.7. The summed E-state index contributed by atoms with van der Waals surface area (Å²) in [4.78, 5) is 17.2. The van der Waals surface area contributed by atoms with Gasteiger partial charge in [0.25, 0.3) is 5.91 Å². The van der Waals surface area contributed by atoms with E-state index in [1.165, 1.54) is 7.11 Å². The molecule has 0 unspecified atom stereocenters. The van der Waals surface area contributed by atoms with Crippen LogP contribution in [0.2, 0.25) is 5.02 Å². The molecule has 0 aliphatic rings. The van der Waals surface area contributed by atoms with Crippen molar-refractivity contribution < 1.29 is 13.9 Å². The highest BCUT2D eigenvalue weighted by Crippen LogP contribution is 2.33. The molecule has 0 saturated heterocycles. The number of carbonyl (C=O) groups is 1. The maximum atomic E-state index is 12.7. The van der Waals surface area contributed by atoms with Crippen LogP contribution in [0, 0.1) is 0 Å². The first-order chi connectivity index (χ1) is 13.9. The fourth-order valence-electron chi connectivity index (χ4n) is 2.86. The summed E-state index contributed by atoms with van der Waals surface area (Å²) in [7, 11) is 1.52. The molecule has 1 N–H and O–H groups in total. The van der Waals surface area contributed by atoms with Crippen LogP contribution in [0.5, 0.6) is 5.75 Å². The van der Waals surface area contributed by atoms with Crippen molar-refractivity contribution >= 4 is 66.2 Å². The van der Waals surface area contributed by atoms with Gasteiger partial charge in [0.1, 0.15) is 11.3 Å². The number of halogens is 3. The van der Waals surface area contributed by atoms with Crippen molar-refractivity contribution in [2.75, 3.05) is 12.4 Å². The molecule has 1 aromatic heterocycles. The Labute approximate surface area is 188 Å². The molecule has 0 fully saturated rings. The van der Waals surface area contributed by atoms with Crippen LogP contribution in [0.4, 0.5) is 5.69 Å². The lowest BCUT2D eigenvalue weighted by Gasteiger charge is -2.12. The molecule has 0 spiro atoms. The van der Waals surface area contributed by atoms with E-state index in [4.69, 9.17) is 20.8 Å². The van der Waals surface area contributed by atoms with E-state index in [9.17, 15) is 4.79 Å². The fourth-order valence-corrected chi connectivity index (χ4v) is 4.41. The molecule has 4 aromatic rings. The minimum absolute atomic E-state index is 0.284. The third kappa shape index (κ3) is 4.17. The summed E-state index contributed by atoms with van der Waals surface area (Å²) in [5.74, 6) is 0.665. The van der Waals surface area contributed by atoms with E-state index in [0.29, 0.717) is 43.5 Å². The molecule has 0 atom stereocenters.